The molecule has 0 aliphatic carbocycles. The number of alkyl halides is 6. The topological polar surface area (TPSA) is 105 Å². The van der Waals surface area contributed by atoms with Gasteiger partial charge in [-0.15, -0.1) is 0 Å². The van der Waals surface area contributed by atoms with E-state index >= 15 is 0 Å². The number of rotatable bonds is 9. The number of benzene rings is 1. The van der Waals surface area contributed by atoms with Crippen molar-refractivity contribution in [3.8, 4) is 17.1 Å². The third kappa shape index (κ3) is 8.47. The summed E-state index contributed by atoms with van der Waals surface area (Å²) in [4.78, 5) is 24.2. The lowest BCUT2D eigenvalue weighted by Crippen LogP contribution is -2.43. The largest absolute Gasteiger partial charge is 0.500 e. The smallest absolute Gasteiger partial charge is 0.410 e. The third-order valence-electron chi connectivity index (χ3n) is 4.33. The molecule has 0 spiro atoms. The van der Waals surface area contributed by atoms with Crippen LogP contribution in [0.3, 0.4) is 0 Å². The lowest BCUT2D eigenvalue weighted by molar-refractivity contribution is 0.123. The Balaban J connectivity index is 2.05. The number of ether oxygens (including phenoxy) is 1. The summed E-state index contributed by atoms with van der Waals surface area (Å²) in [5, 5.41) is 2.64. The van der Waals surface area contributed by atoms with Crippen molar-refractivity contribution in [3.05, 3.63) is 35.9 Å². The van der Waals surface area contributed by atoms with Gasteiger partial charge in [0.25, 0.3) is 0 Å². The molecule has 188 valence electrons. The SMILES string of the molecule is CO[Si](CCCNC(=O)Oc1ccc(-c2nc(C(Cl)(Cl)Cl)nc(C(Cl)(Cl)Cl)n2)cc1)(OC)OC. The van der Waals surface area contributed by atoms with Crippen LogP contribution in [-0.4, -0.2) is 57.7 Å². The summed E-state index contributed by atoms with van der Waals surface area (Å²) in [5.74, 6) is -0.0688. The monoisotopic (exact) mass is 610 g/mol. The molecule has 1 heterocycles. The number of aromatic nitrogens is 3. The van der Waals surface area contributed by atoms with Crippen molar-refractivity contribution >= 4 is 84.5 Å². The summed E-state index contributed by atoms with van der Waals surface area (Å²) in [6, 6.07) is 6.75. The predicted octanol–water partition coefficient (Wildman–Crippen LogP) is 5.55. The number of halogens is 6. The highest BCUT2D eigenvalue weighted by Crippen LogP contribution is 2.40. The number of nitrogens with one attached hydrogen (secondary N) is 1. The molecule has 0 fully saturated rings. The Morgan fingerprint density at radius 3 is 1.82 bits per heavy atom. The minimum atomic E-state index is -2.69. The summed E-state index contributed by atoms with van der Waals surface area (Å²) in [7, 11) is 1.89. The molecule has 34 heavy (non-hydrogen) atoms. The number of nitrogens with zero attached hydrogens (tertiary/aromatic N) is 3. The summed E-state index contributed by atoms with van der Waals surface area (Å²) in [6.45, 7) is 0.339. The van der Waals surface area contributed by atoms with E-state index in [4.69, 9.17) is 87.6 Å². The first kappa shape index (κ1) is 29.6. The van der Waals surface area contributed by atoms with E-state index in [0.717, 1.165) is 0 Å². The maximum Gasteiger partial charge on any atom is 0.500 e. The first-order valence-corrected chi connectivity index (χ1v) is 13.7. The fourth-order valence-electron chi connectivity index (χ4n) is 2.63. The molecule has 16 heteroatoms. The molecule has 0 aliphatic rings. The Labute approximate surface area is 227 Å². The second kappa shape index (κ2) is 12.5. The van der Waals surface area contributed by atoms with Crippen molar-refractivity contribution in [2.75, 3.05) is 27.9 Å². The highest BCUT2D eigenvalue weighted by atomic mass is 35.6. The van der Waals surface area contributed by atoms with E-state index in [1.165, 1.54) is 33.5 Å². The molecule has 1 aromatic heterocycles. The zero-order chi connectivity index (χ0) is 25.6. The molecule has 2 rings (SSSR count). The second-order valence-corrected chi connectivity index (χ2v) is 14.2. The van der Waals surface area contributed by atoms with Gasteiger partial charge in [0.1, 0.15) is 5.75 Å². The van der Waals surface area contributed by atoms with Gasteiger partial charge in [0, 0.05) is 39.5 Å². The van der Waals surface area contributed by atoms with Crippen LogP contribution in [0.25, 0.3) is 11.4 Å². The van der Waals surface area contributed by atoms with E-state index in [1.807, 2.05) is 0 Å². The van der Waals surface area contributed by atoms with E-state index in [-0.39, 0.29) is 23.2 Å². The molecular weight excluding hydrogens is 593 g/mol. The maximum atomic E-state index is 12.1. The van der Waals surface area contributed by atoms with Gasteiger partial charge in [0.2, 0.25) is 7.59 Å². The van der Waals surface area contributed by atoms with Crippen LogP contribution in [0.1, 0.15) is 18.1 Å². The molecule has 0 radical (unpaired) electrons. The summed E-state index contributed by atoms with van der Waals surface area (Å²) in [5.41, 5.74) is 0.473. The van der Waals surface area contributed by atoms with Gasteiger partial charge in [-0.3, -0.25) is 0 Å². The first-order chi connectivity index (χ1) is 15.8. The van der Waals surface area contributed by atoms with Gasteiger partial charge in [-0.1, -0.05) is 69.6 Å². The number of hydrogen-bond acceptors (Lipinski definition) is 8. The Hall–Kier alpha value is -0.663. The Morgan fingerprint density at radius 2 is 1.38 bits per heavy atom. The van der Waals surface area contributed by atoms with E-state index in [0.29, 0.717) is 24.6 Å². The zero-order valence-electron chi connectivity index (χ0n) is 18.1. The number of hydrogen-bond donors (Lipinski definition) is 1. The van der Waals surface area contributed by atoms with Crippen molar-refractivity contribution in [2.24, 2.45) is 0 Å². The van der Waals surface area contributed by atoms with Crippen LogP contribution in [-0.2, 0) is 20.9 Å². The van der Waals surface area contributed by atoms with Gasteiger partial charge >= 0.3 is 14.9 Å². The standard InChI is InChI=1S/C18H20Cl6N4O5Si/c1-30-34(31-2,32-3)10-4-9-25-16(29)33-12-7-5-11(6-8-12)13-26-14(17(19,20)21)28-15(27-13)18(22,23)24/h5-8H,4,9-10H2,1-3H3,(H,25,29). The molecule has 1 aromatic carbocycles. The molecular formula is C18H20Cl6N4O5Si. The normalized spacial score (nSPS) is 12.5. The van der Waals surface area contributed by atoms with Gasteiger partial charge < -0.3 is 23.3 Å². The van der Waals surface area contributed by atoms with Crippen LogP contribution < -0.4 is 10.1 Å². The van der Waals surface area contributed by atoms with E-state index in [1.54, 1.807) is 12.1 Å². The van der Waals surface area contributed by atoms with Crippen LogP contribution in [0.15, 0.2) is 24.3 Å². The molecule has 0 atom stereocenters. The maximum absolute atomic E-state index is 12.1. The Kier molecular flexibility index (Phi) is 10.9. The molecule has 9 nitrogen and oxygen atoms in total. The van der Waals surface area contributed by atoms with Gasteiger partial charge in [-0.25, -0.2) is 19.7 Å². The molecule has 0 saturated heterocycles. The molecule has 2 aromatic rings. The number of carbonyl (C=O) groups excluding carboxylic acids is 1. The average Bonchev–Trinajstić information content (AvgIpc) is 2.79. The number of carbonyl (C=O) groups is 1. The quantitative estimate of drug-likeness (QED) is 0.223. The molecule has 1 amide bonds. The van der Waals surface area contributed by atoms with E-state index in [9.17, 15) is 4.79 Å². The first-order valence-electron chi connectivity index (χ1n) is 9.45. The molecule has 0 saturated carbocycles. The molecule has 0 unspecified atom stereocenters. The fraction of sp³-hybridized carbons (Fsp3) is 0.444. The van der Waals surface area contributed by atoms with E-state index < -0.39 is 22.5 Å². The highest BCUT2D eigenvalue weighted by Gasteiger charge is 2.37. The second-order valence-electron chi connectivity index (χ2n) is 6.54. The van der Waals surface area contributed by atoms with Crippen molar-refractivity contribution < 1.29 is 22.8 Å². The predicted molar refractivity (Wildman–Crippen MR) is 134 cm³/mol. The molecule has 0 bridgehead atoms. The Bertz CT molecular complexity index is 930. The fourth-order valence-corrected chi connectivity index (χ4v) is 4.85. The van der Waals surface area contributed by atoms with Crippen LogP contribution in [0.4, 0.5) is 4.79 Å². The Morgan fingerprint density at radius 1 is 0.882 bits per heavy atom. The van der Waals surface area contributed by atoms with Crippen molar-refractivity contribution in [1.82, 2.24) is 20.3 Å². The molecule has 0 aliphatic heterocycles. The van der Waals surface area contributed by atoms with Crippen LogP contribution in [0.5, 0.6) is 5.75 Å². The van der Waals surface area contributed by atoms with Crippen molar-refractivity contribution in [2.45, 2.75) is 20.0 Å². The van der Waals surface area contributed by atoms with Gasteiger partial charge in [-0.05, 0) is 30.7 Å². The summed E-state index contributed by atoms with van der Waals surface area (Å²) >= 11 is 35.3. The van der Waals surface area contributed by atoms with Crippen LogP contribution >= 0.6 is 69.6 Å². The summed E-state index contributed by atoms with van der Waals surface area (Å²) < 4.78 is 17.3. The van der Waals surface area contributed by atoms with Crippen molar-refractivity contribution in [3.63, 3.8) is 0 Å². The van der Waals surface area contributed by atoms with E-state index in [2.05, 4.69) is 20.3 Å². The molecule has 1 N–H and O–H groups in total. The van der Waals surface area contributed by atoms with Gasteiger partial charge in [0.05, 0.1) is 0 Å². The van der Waals surface area contributed by atoms with Crippen LogP contribution in [0, 0.1) is 0 Å². The lowest BCUT2D eigenvalue weighted by atomic mass is 10.2. The zero-order valence-corrected chi connectivity index (χ0v) is 23.6. The van der Waals surface area contributed by atoms with Crippen molar-refractivity contribution in [1.29, 1.82) is 0 Å². The summed E-state index contributed by atoms with van der Waals surface area (Å²) in [6.07, 6.45) is -0.0592. The lowest BCUT2D eigenvalue weighted by Gasteiger charge is -2.24. The highest BCUT2D eigenvalue weighted by molar-refractivity contribution is 6.67. The van der Waals surface area contributed by atoms with Crippen LogP contribution in [0.2, 0.25) is 6.04 Å². The van der Waals surface area contributed by atoms with Gasteiger partial charge in [0.15, 0.2) is 17.5 Å². The minimum absolute atomic E-state index is 0.0933. The average molecular weight is 613 g/mol. The minimum Gasteiger partial charge on any atom is -0.410 e. The third-order valence-corrected chi connectivity index (χ3v) is 8.17. The number of amides is 1. The van der Waals surface area contributed by atoms with Gasteiger partial charge in [-0.2, -0.15) is 0 Å².